The fraction of sp³-hybridized carbons (Fsp3) is 0. The van der Waals surface area contributed by atoms with Crippen molar-refractivity contribution >= 4 is 87.2 Å². The third-order valence-corrected chi connectivity index (χ3v) is 19.2. The van der Waals surface area contributed by atoms with Gasteiger partial charge < -0.3 is 13.7 Å². The second-order valence-corrected chi connectivity index (χ2v) is 24.4. The molecule has 5 aromatic heterocycles. The van der Waals surface area contributed by atoms with E-state index in [1.807, 2.05) is 0 Å². The molecule has 14 aromatic carbocycles. The maximum absolute atomic E-state index is 5.69. The summed E-state index contributed by atoms with van der Waals surface area (Å²) in [5.74, 6) is 0.589. The second kappa shape index (κ2) is 21.5. The summed E-state index contributed by atoms with van der Waals surface area (Å²) in [5.41, 5.74) is 25.2. The lowest BCUT2D eigenvalue weighted by Crippen LogP contribution is -2.04. The molecule has 0 aliphatic rings. The average Bonchev–Trinajstić information content (AvgIpc) is 1.58. The molecular formula is C88H56N6. The second-order valence-electron chi connectivity index (χ2n) is 24.4. The molecule has 0 saturated carbocycles. The highest BCUT2D eigenvalue weighted by molar-refractivity contribution is 6.19. The van der Waals surface area contributed by atoms with Gasteiger partial charge in [0.1, 0.15) is 0 Å². The summed E-state index contributed by atoms with van der Waals surface area (Å²) in [4.78, 5) is 11.3. The van der Waals surface area contributed by atoms with Gasteiger partial charge in [-0.2, -0.15) is 0 Å². The summed E-state index contributed by atoms with van der Waals surface area (Å²) >= 11 is 0. The normalized spacial score (nSPS) is 11.8. The van der Waals surface area contributed by atoms with Gasteiger partial charge in [0.15, 0.2) is 0 Å². The Labute approximate surface area is 542 Å². The number of nitrogens with zero attached hydrogens (tertiary/aromatic N) is 6. The van der Waals surface area contributed by atoms with Crippen LogP contribution in [0.15, 0.2) is 340 Å². The molecule has 94 heavy (non-hydrogen) atoms. The van der Waals surface area contributed by atoms with E-state index < -0.39 is 0 Å². The number of hydrogen-bond acceptors (Lipinski definition) is 2. The predicted octanol–water partition coefficient (Wildman–Crippen LogP) is 22.9. The van der Waals surface area contributed by atoms with Crippen molar-refractivity contribution in [2.45, 2.75) is 0 Å². The van der Waals surface area contributed by atoms with Gasteiger partial charge in [-0.1, -0.05) is 231 Å². The standard InChI is InChI=1S/C88H56N6/c1-4-24-57(25-5-1)66-34-10-11-35-67(66)58-26-20-27-61(52-58)76-56-77(90-88(89-76)94-79-43-17-13-37-71(79)75-55-60(49-51-83(75)94)69-41-23-47-85-87(69)73-39-15-19-45-81(73)92(85)64-31-8-3-9-32-64)62-28-21-33-65(53-62)93-78-42-16-12-36-70(78)74-54-59(48-50-82(74)93)68-40-22-46-84-86(68)72-38-14-18-44-80(72)91(84)63-29-6-2-7-30-63/h1-56H. The Hall–Kier alpha value is -12.6. The molecule has 5 heterocycles. The molecule has 0 saturated heterocycles. The first-order valence-corrected chi connectivity index (χ1v) is 32.1. The zero-order chi connectivity index (χ0) is 61.8. The molecule has 0 atom stereocenters. The third-order valence-electron chi connectivity index (χ3n) is 19.2. The number of fused-ring (bicyclic) bond motifs is 12. The molecule has 6 nitrogen and oxygen atoms in total. The fourth-order valence-corrected chi connectivity index (χ4v) is 15.1. The first-order chi connectivity index (χ1) is 46.6. The minimum absolute atomic E-state index is 0.589. The van der Waals surface area contributed by atoms with Crippen molar-refractivity contribution in [2.24, 2.45) is 0 Å². The molecule has 6 heteroatoms. The van der Waals surface area contributed by atoms with Gasteiger partial charge in [-0.05, 0) is 154 Å². The van der Waals surface area contributed by atoms with Crippen molar-refractivity contribution in [3.05, 3.63) is 340 Å². The number of hydrogen-bond donors (Lipinski definition) is 0. The monoisotopic (exact) mass is 1200 g/mol. The van der Waals surface area contributed by atoms with Gasteiger partial charge in [-0.15, -0.1) is 0 Å². The highest BCUT2D eigenvalue weighted by Crippen LogP contribution is 2.45. The smallest absolute Gasteiger partial charge is 0.235 e. The van der Waals surface area contributed by atoms with Gasteiger partial charge in [0, 0.05) is 71.3 Å². The topological polar surface area (TPSA) is 45.5 Å². The van der Waals surface area contributed by atoms with Crippen LogP contribution in [0.5, 0.6) is 0 Å². The van der Waals surface area contributed by atoms with E-state index in [9.17, 15) is 0 Å². The Bertz CT molecular complexity index is 6220. The zero-order valence-electron chi connectivity index (χ0n) is 51.0. The van der Waals surface area contributed by atoms with Crippen LogP contribution < -0.4 is 0 Å². The van der Waals surface area contributed by atoms with E-state index in [0.29, 0.717) is 5.95 Å². The van der Waals surface area contributed by atoms with Crippen molar-refractivity contribution in [3.63, 3.8) is 0 Å². The van der Waals surface area contributed by atoms with Crippen molar-refractivity contribution in [1.29, 1.82) is 0 Å². The third kappa shape index (κ3) is 8.43. The summed E-state index contributed by atoms with van der Waals surface area (Å²) in [6, 6.07) is 123. The Kier molecular flexibility index (Phi) is 12.2. The summed E-state index contributed by atoms with van der Waals surface area (Å²) < 4.78 is 9.47. The van der Waals surface area contributed by atoms with Crippen molar-refractivity contribution in [3.8, 4) is 90.0 Å². The van der Waals surface area contributed by atoms with Gasteiger partial charge >= 0.3 is 0 Å². The van der Waals surface area contributed by atoms with Gasteiger partial charge in [0.05, 0.1) is 55.5 Å². The van der Waals surface area contributed by atoms with E-state index in [-0.39, 0.29) is 0 Å². The Morgan fingerprint density at radius 2 is 0.521 bits per heavy atom. The summed E-state index contributed by atoms with van der Waals surface area (Å²) in [5, 5.41) is 9.55. The molecule has 0 bridgehead atoms. The predicted molar refractivity (Wildman–Crippen MR) is 392 cm³/mol. The molecule has 19 rings (SSSR count). The van der Waals surface area contributed by atoms with Gasteiger partial charge in [0.2, 0.25) is 5.95 Å². The van der Waals surface area contributed by atoms with Gasteiger partial charge in [-0.3, -0.25) is 4.57 Å². The molecule has 0 fully saturated rings. The van der Waals surface area contributed by atoms with Crippen LogP contribution in [-0.2, 0) is 0 Å². The molecule has 19 aromatic rings. The minimum Gasteiger partial charge on any atom is -0.309 e. The van der Waals surface area contributed by atoms with Gasteiger partial charge in [-0.25, -0.2) is 9.97 Å². The number of rotatable bonds is 10. The highest BCUT2D eigenvalue weighted by atomic mass is 15.2. The van der Waals surface area contributed by atoms with Crippen molar-refractivity contribution < 1.29 is 0 Å². The molecule has 0 N–H and O–H groups in total. The lowest BCUT2D eigenvalue weighted by Gasteiger charge is -2.15. The number of aromatic nitrogens is 6. The van der Waals surface area contributed by atoms with Crippen LogP contribution in [0.3, 0.4) is 0 Å². The van der Waals surface area contributed by atoms with Crippen LogP contribution in [0.1, 0.15) is 0 Å². The van der Waals surface area contributed by atoms with E-state index in [1.165, 1.54) is 82.2 Å². The Morgan fingerprint density at radius 1 is 0.181 bits per heavy atom. The van der Waals surface area contributed by atoms with E-state index in [0.717, 1.165) is 89.1 Å². The quantitative estimate of drug-likeness (QED) is 0.137. The number of para-hydroxylation sites is 6. The van der Waals surface area contributed by atoms with Crippen LogP contribution in [-0.4, -0.2) is 28.2 Å². The van der Waals surface area contributed by atoms with E-state index in [1.54, 1.807) is 0 Å². The van der Waals surface area contributed by atoms with E-state index in [2.05, 4.69) is 358 Å². The Morgan fingerprint density at radius 3 is 1.07 bits per heavy atom. The minimum atomic E-state index is 0.589. The van der Waals surface area contributed by atoms with Gasteiger partial charge in [0.25, 0.3) is 0 Å². The highest BCUT2D eigenvalue weighted by Gasteiger charge is 2.23. The summed E-state index contributed by atoms with van der Waals surface area (Å²) in [6.07, 6.45) is 0. The average molecular weight is 1200 g/mol. The molecular weight excluding hydrogens is 1140 g/mol. The lowest BCUT2D eigenvalue weighted by molar-refractivity contribution is 0.995. The molecule has 0 amide bonds. The van der Waals surface area contributed by atoms with E-state index in [4.69, 9.17) is 9.97 Å². The van der Waals surface area contributed by atoms with Crippen LogP contribution in [0.25, 0.3) is 177 Å². The lowest BCUT2D eigenvalue weighted by atomic mass is 9.93. The SMILES string of the molecule is c1ccc(-c2ccccc2-c2cccc(-c3cc(-c4cccc(-n5c6ccccc6c6cc(-c7cccc8c7c7ccccc7n8-c7ccccc7)ccc65)c4)nc(-n4c5ccccc5c5cc(-c6cccc7c6c6ccccc6n7-c6ccccc6)ccc54)n3)c2)cc1. The maximum atomic E-state index is 5.69. The first kappa shape index (κ1) is 53.2. The summed E-state index contributed by atoms with van der Waals surface area (Å²) in [6.45, 7) is 0. The molecule has 438 valence electrons. The van der Waals surface area contributed by atoms with Crippen LogP contribution in [0.4, 0.5) is 0 Å². The molecule has 0 aliphatic heterocycles. The molecule has 0 aliphatic carbocycles. The van der Waals surface area contributed by atoms with Crippen molar-refractivity contribution in [1.82, 2.24) is 28.2 Å². The fourth-order valence-electron chi connectivity index (χ4n) is 15.1. The number of benzene rings is 14. The molecule has 0 radical (unpaired) electrons. The van der Waals surface area contributed by atoms with E-state index >= 15 is 0 Å². The zero-order valence-corrected chi connectivity index (χ0v) is 51.0. The Balaban J connectivity index is 0.785. The molecule has 0 unspecified atom stereocenters. The van der Waals surface area contributed by atoms with Crippen LogP contribution in [0, 0.1) is 0 Å². The summed E-state index contributed by atoms with van der Waals surface area (Å²) in [7, 11) is 0. The van der Waals surface area contributed by atoms with Crippen LogP contribution >= 0.6 is 0 Å². The largest absolute Gasteiger partial charge is 0.309 e. The first-order valence-electron chi connectivity index (χ1n) is 32.1. The maximum Gasteiger partial charge on any atom is 0.235 e. The van der Waals surface area contributed by atoms with Crippen molar-refractivity contribution in [2.75, 3.05) is 0 Å². The molecule has 0 spiro atoms. The van der Waals surface area contributed by atoms with Crippen LogP contribution in [0.2, 0.25) is 0 Å².